The third-order valence-electron chi connectivity index (χ3n) is 2.18. The number of nitrogens with zero attached hydrogens (tertiary/aromatic N) is 1. The van der Waals surface area contributed by atoms with Gasteiger partial charge >= 0.3 is 6.04 Å². The molecule has 94 valence electrons. The van der Waals surface area contributed by atoms with Crippen LogP contribution in [0.15, 0.2) is 30.3 Å². The van der Waals surface area contributed by atoms with Crippen LogP contribution >= 0.6 is 11.6 Å². The number of Topliss-reactive ketones (excluding diaryl/α,β-unsaturated/α-hetero) is 1. The molecule has 0 saturated heterocycles. The Balaban J connectivity index is 2.83. The number of carbonyl (C=O) groups is 2. The molecule has 0 N–H and O–H groups in total. The maximum atomic E-state index is 11.5. The van der Waals surface area contributed by atoms with Gasteiger partial charge in [0.1, 0.15) is 0 Å². The normalized spacial score (nSPS) is 12.3. The Kier molecular flexibility index (Phi) is 4.74. The van der Waals surface area contributed by atoms with Crippen LogP contribution in [0.4, 0.5) is 0 Å². The minimum Gasteiger partial charge on any atom is -0.292 e. The number of halogens is 1. The third kappa shape index (κ3) is 3.78. The maximum Gasteiger partial charge on any atom is 0.330 e. The Morgan fingerprint density at radius 2 is 1.89 bits per heavy atom. The number of ketones is 2. The van der Waals surface area contributed by atoms with E-state index in [0.29, 0.717) is 10.6 Å². The number of hydrogen-bond acceptors (Lipinski definition) is 4. The zero-order chi connectivity index (χ0) is 13.7. The first kappa shape index (κ1) is 14.1. The van der Waals surface area contributed by atoms with Crippen LogP contribution in [0, 0.1) is 10.1 Å². The summed E-state index contributed by atoms with van der Waals surface area (Å²) in [6.45, 7) is 1.02. The molecule has 1 aromatic rings. The third-order valence-corrected chi connectivity index (χ3v) is 2.43. The van der Waals surface area contributed by atoms with Crippen molar-refractivity contribution >= 4 is 29.2 Å². The minimum absolute atomic E-state index is 0.547. The summed E-state index contributed by atoms with van der Waals surface area (Å²) in [5, 5.41) is 11.1. The van der Waals surface area contributed by atoms with E-state index in [9.17, 15) is 19.7 Å². The second kappa shape index (κ2) is 6.07. The molecule has 1 atom stereocenters. The highest BCUT2D eigenvalue weighted by Crippen LogP contribution is 2.11. The van der Waals surface area contributed by atoms with Crippen LogP contribution in [0.3, 0.4) is 0 Å². The lowest BCUT2D eigenvalue weighted by molar-refractivity contribution is -0.492. The molecule has 0 aliphatic heterocycles. The van der Waals surface area contributed by atoms with E-state index >= 15 is 0 Å². The van der Waals surface area contributed by atoms with E-state index in [1.807, 2.05) is 0 Å². The van der Waals surface area contributed by atoms with Crippen LogP contribution in [0.5, 0.6) is 0 Å². The summed E-state index contributed by atoms with van der Waals surface area (Å²) in [6.07, 6.45) is 2.43. The van der Waals surface area contributed by atoms with Gasteiger partial charge in [0, 0.05) is 16.9 Å². The van der Waals surface area contributed by atoms with Gasteiger partial charge < -0.3 is 0 Å². The number of carbonyl (C=O) groups excluding carboxylic acids is 2. The molecule has 0 saturated carbocycles. The monoisotopic (exact) mass is 267 g/mol. The summed E-state index contributed by atoms with van der Waals surface area (Å²) in [5.41, 5.74) is 0.665. The van der Waals surface area contributed by atoms with Crippen molar-refractivity contribution in [1.82, 2.24) is 0 Å². The van der Waals surface area contributed by atoms with E-state index in [1.165, 1.54) is 6.08 Å². The molecule has 0 spiro atoms. The quantitative estimate of drug-likeness (QED) is 0.354. The van der Waals surface area contributed by atoms with E-state index in [0.717, 1.165) is 13.0 Å². The number of benzene rings is 1. The van der Waals surface area contributed by atoms with E-state index in [1.54, 1.807) is 24.3 Å². The van der Waals surface area contributed by atoms with E-state index in [-0.39, 0.29) is 0 Å². The maximum absolute atomic E-state index is 11.5. The molecule has 1 unspecified atom stereocenters. The van der Waals surface area contributed by atoms with Gasteiger partial charge in [-0.3, -0.25) is 19.7 Å². The van der Waals surface area contributed by atoms with Crippen molar-refractivity contribution in [3.63, 3.8) is 0 Å². The second-order valence-corrected chi connectivity index (χ2v) is 4.02. The van der Waals surface area contributed by atoms with E-state index in [2.05, 4.69) is 0 Å². The SMILES string of the molecule is CC(=O)C(C(=O)C=Cc1ccc(Cl)cc1)[N+](=O)[O-]. The van der Waals surface area contributed by atoms with Gasteiger partial charge in [-0.15, -0.1) is 0 Å². The predicted molar refractivity (Wildman–Crippen MR) is 67.0 cm³/mol. The molecule has 0 fully saturated rings. The van der Waals surface area contributed by atoms with Crippen molar-refractivity contribution in [3.8, 4) is 0 Å². The first-order valence-corrected chi connectivity index (χ1v) is 5.41. The van der Waals surface area contributed by atoms with Crippen molar-refractivity contribution < 1.29 is 14.5 Å². The lowest BCUT2D eigenvalue weighted by Gasteiger charge is -2.00. The van der Waals surface area contributed by atoms with Crippen LogP contribution in [0.1, 0.15) is 12.5 Å². The molecule has 6 heteroatoms. The van der Waals surface area contributed by atoms with Crippen LogP contribution in [-0.4, -0.2) is 22.5 Å². The molecule has 0 amide bonds. The summed E-state index contributed by atoms with van der Waals surface area (Å²) in [7, 11) is 0. The lowest BCUT2D eigenvalue weighted by atomic mass is 10.1. The molecule has 1 aromatic carbocycles. The number of nitro groups is 1. The van der Waals surface area contributed by atoms with Gasteiger partial charge in [-0.2, -0.15) is 0 Å². The van der Waals surface area contributed by atoms with Crippen molar-refractivity contribution in [2.75, 3.05) is 0 Å². The van der Waals surface area contributed by atoms with E-state index in [4.69, 9.17) is 11.6 Å². The van der Waals surface area contributed by atoms with Gasteiger partial charge in [0.15, 0.2) is 0 Å². The smallest absolute Gasteiger partial charge is 0.292 e. The molecular weight excluding hydrogens is 258 g/mol. The summed E-state index contributed by atoms with van der Waals surface area (Å²) in [4.78, 5) is 32.1. The molecular formula is C12H10ClNO4. The Labute approximate surface area is 108 Å². The van der Waals surface area contributed by atoms with Crippen LogP contribution < -0.4 is 0 Å². The van der Waals surface area contributed by atoms with Gasteiger partial charge in [0.05, 0.1) is 0 Å². The zero-order valence-corrected chi connectivity index (χ0v) is 10.3. The zero-order valence-electron chi connectivity index (χ0n) is 9.50. The molecule has 0 aliphatic rings. The van der Waals surface area contributed by atoms with Gasteiger partial charge in [0.2, 0.25) is 11.6 Å². The van der Waals surface area contributed by atoms with Gasteiger partial charge in [-0.05, 0) is 23.8 Å². The fourth-order valence-corrected chi connectivity index (χ4v) is 1.42. The highest BCUT2D eigenvalue weighted by Gasteiger charge is 2.32. The van der Waals surface area contributed by atoms with E-state index < -0.39 is 22.5 Å². The average Bonchev–Trinajstić information content (AvgIpc) is 2.27. The summed E-state index contributed by atoms with van der Waals surface area (Å²) < 4.78 is 0. The number of rotatable bonds is 5. The Morgan fingerprint density at radius 3 is 2.33 bits per heavy atom. The first-order valence-electron chi connectivity index (χ1n) is 5.03. The molecule has 0 aromatic heterocycles. The standard InChI is InChI=1S/C12H10ClNO4/c1-8(15)12(14(17)18)11(16)7-4-9-2-5-10(13)6-3-9/h2-7,12H,1H3. The average molecular weight is 268 g/mol. The predicted octanol–water partition coefficient (Wildman–Crippen LogP) is 2.16. The fraction of sp³-hybridized carbons (Fsp3) is 0.167. The minimum atomic E-state index is -1.83. The molecule has 18 heavy (non-hydrogen) atoms. The molecule has 1 rings (SSSR count). The van der Waals surface area contributed by atoms with Crippen LogP contribution in [-0.2, 0) is 9.59 Å². The van der Waals surface area contributed by atoms with Gasteiger partial charge in [0.25, 0.3) is 0 Å². The van der Waals surface area contributed by atoms with Crippen molar-refractivity contribution in [2.45, 2.75) is 13.0 Å². The Hall–Kier alpha value is -2.01. The van der Waals surface area contributed by atoms with Crippen LogP contribution in [0.25, 0.3) is 6.08 Å². The highest BCUT2D eigenvalue weighted by molar-refractivity contribution is 6.30. The molecule has 0 heterocycles. The Morgan fingerprint density at radius 1 is 1.33 bits per heavy atom. The fourth-order valence-electron chi connectivity index (χ4n) is 1.30. The van der Waals surface area contributed by atoms with Gasteiger partial charge in [-0.1, -0.05) is 29.8 Å². The molecule has 0 bridgehead atoms. The van der Waals surface area contributed by atoms with Crippen molar-refractivity contribution in [1.29, 1.82) is 0 Å². The highest BCUT2D eigenvalue weighted by atomic mass is 35.5. The van der Waals surface area contributed by atoms with Crippen LogP contribution in [0.2, 0.25) is 5.02 Å². The first-order chi connectivity index (χ1) is 8.41. The largest absolute Gasteiger partial charge is 0.330 e. The number of hydrogen-bond donors (Lipinski definition) is 0. The topological polar surface area (TPSA) is 77.3 Å². The Bertz CT molecular complexity index is 493. The molecule has 0 radical (unpaired) electrons. The summed E-state index contributed by atoms with van der Waals surface area (Å²) in [6, 6.07) is 4.74. The summed E-state index contributed by atoms with van der Waals surface area (Å²) >= 11 is 5.68. The van der Waals surface area contributed by atoms with Crippen molar-refractivity contribution in [2.24, 2.45) is 0 Å². The molecule has 0 aliphatic carbocycles. The second-order valence-electron chi connectivity index (χ2n) is 3.59. The summed E-state index contributed by atoms with van der Waals surface area (Å²) in [5.74, 6) is -1.63. The van der Waals surface area contributed by atoms with Gasteiger partial charge in [-0.25, -0.2) is 0 Å². The van der Waals surface area contributed by atoms with Crippen molar-refractivity contribution in [3.05, 3.63) is 51.0 Å². The lowest BCUT2D eigenvalue weighted by Crippen LogP contribution is -2.34. The molecule has 5 nitrogen and oxygen atoms in total.